The molecule has 1 aromatic heterocycles. The van der Waals surface area contributed by atoms with Crippen LogP contribution >= 0.6 is 0 Å². The molecule has 0 bridgehead atoms. The third-order valence-electron chi connectivity index (χ3n) is 2.89. The van der Waals surface area contributed by atoms with Crippen molar-refractivity contribution in [2.24, 2.45) is 0 Å². The lowest BCUT2D eigenvalue weighted by Crippen LogP contribution is -1.99. The molecular weight excluding hydrogens is 252 g/mol. The molecule has 0 N–H and O–H groups in total. The number of benzene rings is 1. The second kappa shape index (κ2) is 6.19. The van der Waals surface area contributed by atoms with E-state index in [1.54, 1.807) is 13.0 Å². The summed E-state index contributed by atoms with van der Waals surface area (Å²) in [6.07, 6.45) is 5.13. The second-order valence-electron chi connectivity index (χ2n) is 4.53. The standard InChI is InChI=1S/C16H18N2O2/c1-4-20-16(19)8-6-14-5-7-15(12(2)11-14)18-10-9-13(3)17-18/h5-11H,4H2,1-3H3/b8-6+. The Morgan fingerprint density at radius 3 is 2.75 bits per heavy atom. The zero-order chi connectivity index (χ0) is 14.5. The first-order valence-electron chi connectivity index (χ1n) is 6.58. The van der Waals surface area contributed by atoms with Gasteiger partial charge in [-0.15, -0.1) is 0 Å². The highest BCUT2D eigenvalue weighted by Gasteiger charge is 2.03. The number of esters is 1. The quantitative estimate of drug-likeness (QED) is 0.633. The van der Waals surface area contributed by atoms with Crippen molar-refractivity contribution in [3.05, 3.63) is 53.4 Å². The lowest BCUT2D eigenvalue weighted by atomic mass is 10.1. The van der Waals surface area contributed by atoms with Crippen LogP contribution in [0, 0.1) is 13.8 Å². The molecule has 2 aromatic rings. The van der Waals surface area contributed by atoms with E-state index in [2.05, 4.69) is 5.10 Å². The smallest absolute Gasteiger partial charge is 0.330 e. The minimum Gasteiger partial charge on any atom is -0.463 e. The number of carbonyl (C=O) groups excluding carboxylic acids is 1. The Labute approximate surface area is 118 Å². The van der Waals surface area contributed by atoms with Gasteiger partial charge in [-0.3, -0.25) is 0 Å². The van der Waals surface area contributed by atoms with Crippen LogP contribution in [-0.2, 0) is 9.53 Å². The largest absolute Gasteiger partial charge is 0.463 e. The van der Waals surface area contributed by atoms with Crippen molar-refractivity contribution in [3.8, 4) is 5.69 Å². The van der Waals surface area contributed by atoms with Gasteiger partial charge in [-0.05, 0) is 56.2 Å². The molecule has 0 atom stereocenters. The summed E-state index contributed by atoms with van der Waals surface area (Å²) in [5, 5.41) is 4.39. The highest BCUT2D eigenvalue weighted by molar-refractivity contribution is 5.87. The summed E-state index contributed by atoms with van der Waals surface area (Å²) < 4.78 is 6.70. The molecule has 0 aliphatic heterocycles. The summed E-state index contributed by atoms with van der Waals surface area (Å²) in [6.45, 7) is 6.16. The Kier molecular flexibility index (Phi) is 4.35. The Bertz CT molecular complexity index is 642. The zero-order valence-electron chi connectivity index (χ0n) is 12.0. The van der Waals surface area contributed by atoms with Crippen LogP contribution < -0.4 is 0 Å². The number of carbonyl (C=O) groups is 1. The fraction of sp³-hybridized carbons (Fsp3) is 0.250. The van der Waals surface area contributed by atoms with Crippen molar-refractivity contribution in [2.45, 2.75) is 20.8 Å². The average Bonchev–Trinajstić information content (AvgIpc) is 2.83. The van der Waals surface area contributed by atoms with Crippen LogP contribution in [0.15, 0.2) is 36.5 Å². The van der Waals surface area contributed by atoms with E-state index < -0.39 is 0 Å². The molecule has 104 valence electrons. The summed E-state index contributed by atoms with van der Waals surface area (Å²) in [5.41, 5.74) is 4.07. The van der Waals surface area contributed by atoms with Crippen LogP contribution in [-0.4, -0.2) is 22.4 Å². The van der Waals surface area contributed by atoms with Crippen LogP contribution in [0.2, 0.25) is 0 Å². The first-order valence-corrected chi connectivity index (χ1v) is 6.58. The van der Waals surface area contributed by atoms with Gasteiger partial charge < -0.3 is 4.74 Å². The Morgan fingerprint density at radius 1 is 1.35 bits per heavy atom. The van der Waals surface area contributed by atoms with E-state index in [0.717, 1.165) is 22.5 Å². The molecule has 0 aliphatic carbocycles. The summed E-state index contributed by atoms with van der Waals surface area (Å²) in [7, 11) is 0. The number of aryl methyl sites for hydroxylation is 2. The predicted molar refractivity (Wildman–Crippen MR) is 78.7 cm³/mol. The van der Waals surface area contributed by atoms with Gasteiger partial charge in [0.25, 0.3) is 0 Å². The van der Waals surface area contributed by atoms with Gasteiger partial charge in [-0.1, -0.05) is 6.07 Å². The molecule has 1 heterocycles. The molecule has 4 heteroatoms. The van der Waals surface area contributed by atoms with E-state index in [1.807, 2.05) is 49.0 Å². The minimum absolute atomic E-state index is 0.322. The molecule has 1 aromatic carbocycles. The molecular formula is C16H18N2O2. The van der Waals surface area contributed by atoms with Crippen molar-refractivity contribution >= 4 is 12.0 Å². The maximum atomic E-state index is 11.3. The molecule has 0 fully saturated rings. The van der Waals surface area contributed by atoms with E-state index in [0.29, 0.717) is 6.61 Å². The van der Waals surface area contributed by atoms with Crippen molar-refractivity contribution < 1.29 is 9.53 Å². The SMILES string of the molecule is CCOC(=O)/C=C/c1ccc(-n2ccc(C)n2)c(C)c1. The number of nitrogens with zero attached hydrogens (tertiary/aromatic N) is 2. The van der Waals surface area contributed by atoms with E-state index in [-0.39, 0.29) is 5.97 Å². The Hall–Kier alpha value is -2.36. The van der Waals surface area contributed by atoms with E-state index in [9.17, 15) is 4.79 Å². The van der Waals surface area contributed by atoms with Gasteiger partial charge in [0.2, 0.25) is 0 Å². The number of aromatic nitrogens is 2. The van der Waals surface area contributed by atoms with Gasteiger partial charge in [0.1, 0.15) is 0 Å². The average molecular weight is 270 g/mol. The topological polar surface area (TPSA) is 44.1 Å². The maximum absolute atomic E-state index is 11.3. The Balaban J connectivity index is 2.20. The number of hydrogen-bond acceptors (Lipinski definition) is 3. The monoisotopic (exact) mass is 270 g/mol. The van der Waals surface area contributed by atoms with Crippen molar-refractivity contribution in [1.29, 1.82) is 0 Å². The minimum atomic E-state index is -0.322. The van der Waals surface area contributed by atoms with Crippen LogP contribution in [0.1, 0.15) is 23.7 Å². The third kappa shape index (κ3) is 3.35. The van der Waals surface area contributed by atoms with Crippen LogP contribution in [0.25, 0.3) is 11.8 Å². The third-order valence-corrected chi connectivity index (χ3v) is 2.89. The second-order valence-corrected chi connectivity index (χ2v) is 4.53. The molecule has 2 rings (SSSR count). The normalized spacial score (nSPS) is 10.9. The summed E-state index contributed by atoms with van der Waals surface area (Å²) in [4.78, 5) is 11.3. The van der Waals surface area contributed by atoms with E-state index in [4.69, 9.17) is 4.74 Å². The number of rotatable bonds is 4. The highest BCUT2D eigenvalue weighted by atomic mass is 16.5. The molecule has 0 saturated carbocycles. The molecule has 0 spiro atoms. The Morgan fingerprint density at radius 2 is 2.15 bits per heavy atom. The van der Waals surface area contributed by atoms with Crippen molar-refractivity contribution in [3.63, 3.8) is 0 Å². The molecule has 0 aliphatic rings. The number of ether oxygens (including phenoxy) is 1. The molecule has 4 nitrogen and oxygen atoms in total. The van der Waals surface area contributed by atoms with E-state index in [1.165, 1.54) is 6.08 Å². The predicted octanol–water partition coefficient (Wildman–Crippen LogP) is 3.07. The summed E-state index contributed by atoms with van der Waals surface area (Å²) in [5.74, 6) is -0.322. The van der Waals surface area contributed by atoms with Gasteiger partial charge in [-0.2, -0.15) is 5.10 Å². The molecule has 0 radical (unpaired) electrons. The van der Waals surface area contributed by atoms with Crippen molar-refractivity contribution in [2.75, 3.05) is 6.61 Å². The fourth-order valence-electron chi connectivity index (χ4n) is 1.94. The zero-order valence-corrected chi connectivity index (χ0v) is 12.0. The lowest BCUT2D eigenvalue weighted by Gasteiger charge is -2.06. The van der Waals surface area contributed by atoms with Gasteiger partial charge in [0, 0.05) is 12.3 Å². The molecule has 20 heavy (non-hydrogen) atoms. The van der Waals surface area contributed by atoms with Crippen LogP contribution in [0.5, 0.6) is 0 Å². The van der Waals surface area contributed by atoms with Gasteiger partial charge >= 0.3 is 5.97 Å². The first-order chi connectivity index (χ1) is 9.60. The van der Waals surface area contributed by atoms with Crippen LogP contribution in [0.4, 0.5) is 0 Å². The fourth-order valence-corrected chi connectivity index (χ4v) is 1.94. The highest BCUT2D eigenvalue weighted by Crippen LogP contribution is 2.16. The molecule has 0 unspecified atom stereocenters. The molecule has 0 saturated heterocycles. The van der Waals surface area contributed by atoms with Crippen LogP contribution in [0.3, 0.4) is 0 Å². The summed E-state index contributed by atoms with van der Waals surface area (Å²) >= 11 is 0. The molecule has 0 amide bonds. The lowest BCUT2D eigenvalue weighted by molar-refractivity contribution is -0.137. The maximum Gasteiger partial charge on any atom is 0.330 e. The van der Waals surface area contributed by atoms with Gasteiger partial charge in [0.05, 0.1) is 18.0 Å². The number of hydrogen-bond donors (Lipinski definition) is 0. The van der Waals surface area contributed by atoms with Gasteiger partial charge in [-0.25, -0.2) is 9.48 Å². The summed E-state index contributed by atoms with van der Waals surface area (Å²) in [6, 6.07) is 7.93. The van der Waals surface area contributed by atoms with Crippen molar-refractivity contribution in [1.82, 2.24) is 9.78 Å². The first kappa shape index (κ1) is 14.1. The van der Waals surface area contributed by atoms with Gasteiger partial charge in [0.15, 0.2) is 0 Å². The van der Waals surface area contributed by atoms with E-state index >= 15 is 0 Å².